The highest BCUT2D eigenvalue weighted by molar-refractivity contribution is 9.09. The van der Waals surface area contributed by atoms with Crippen molar-refractivity contribution in [1.82, 2.24) is 39.3 Å². The number of hydrogen-bond donors (Lipinski definition) is 1. The normalized spacial score (nSPS) is 12.9. The second-order valence-corrected chi connectivity index (χ2v) is 12.9. The zero-order valence-electron chi connectivity index (χ0n) is 29.9. The number of alkyl halides is 1. The van der Waals surface area contributed by atoms with E-state index < -0.39 is 0 Å². The van der Waals surface area contributed by atoms with E-state index >= 15 is 0 Å². The lowest BCUT2D eigenvalue weighted by Crippen LogP contribution is -2.29. The number of hydrogen-bond acceptors (Lipinski definition) is 10. The van der Waals surface area contributed by atoms with Gasteiger partial charge in [-0.15, -0.1) is 0 Å². The molecule has 0 spiro atoms. The second-order valence-electron chi connectivity index (χ2n) is 12.3. The molecule has 2 aromatic carbocycles. The van der Waals surface area contributed by atoms with Crippen LogP contribution >= 0.6 is 15.9 Å². The largest absolute Gasteiger partial charge is 0.315 e. The Kier molecular flexibility index (Phi) is 14.7. The lowest BCUT2D eigenvalue weighted by atomic mass is 10.1. The summed E-state index contributed by atoms with van der Waals surface area (Å²) >= 11 is 2.89. The van der Waals surface area contributed by atoms with Crippen LogP contribution < -0.4 is 16.4 Å². The van der Waals surface area contributed by atoms with Crippen LogP contribution in [0.5, 0.6) is 0 Å². The number of rotatable bonds is 1. The minimum Gasteiger partial charge on any atom is -0.315 e. The maximum atomic E-state index is 12.9. The Morgan fingerprint density at radius 3 is 1.73 bits per heavy atom. The zero-order valence-corrected chi connectivity index (χ0v) is 31.5. The Bertz CT molecular complexity index is 2640. The first-order valence-corrected chi connectivity index (χ1v) is 18.8. The molecular formula is C43H39BrN10O2. The summed E-state index contributed by atoms with van der Waals surface area (Å²) in [6, 6.07) is 26.3. The lowest BCUT2D eigenvalue weighted by molar-refractivity contribution is 0.312. The molecule has 0 fully saturated rings. The Hall–Kier alpha value is -6.48. The first-order chi connectivity index (χ1) is 27.0. The molecule has 0 atom stereocenters. The summed E-state index contributed by atoms with van der Waals surface area (Å²) < 4.78 is 3.51. The molecule has 280 valence electrons. The van der Waals surface area contributed by atoms with Crippen LogP contribution in [0.1, 0.15) is 41.6 Å². The summed E-state index contributed by atoms with van der Waals surface area (Å²) in [6.45, 7) is 4.64. The first kappa shape index (κ1) is 40.7. The number of nitrogens with zero attached hydrogens (tertiary/aromatic N) is 9. The molecule has 56 heavy (non-hydrogen) atoms. The van der Waals surface area contributed by atoms with Crippen LogP contribution in [0.25, 0.3) is 21.8 Å². The molecule has 6 aromatic rings. The minimum atomic E-state index is -0.0296. The van der Waals surface area contributed by atoms with Crippen molar-refractivity contribution in [2.75, 3.05) is 38.1 Å². The molecule has 0 radical (unpaired) electrons. The van der Waals surface area contributed by atoms with Gasteiger partial charge in [-0.1, -0.05) is 47.3 Å². The van der Waals surface area contributed by atoms with Gasteiger partial charge in [0.1, 0.15) is 23.0 Å². The molecular weight excluding hydrogens is 768 g/mol. The molecule has 0 amide bonds. The van der Waals surface area contributed by atoms with Gasteiger partial charge in [0.2, 0.25) is 0 Å². The number of nitriles is 2. The van der Waals surface area contributed by atoms with Crippen LogP contribution in [0.15, 0.2) is 94.8 Å². The molecule has 0 saturated carbocycles. The van der Waals surface area contributed by atoms with Crippen LogP contribution in [-0.2, 0) is 25.9 Å². The van der Waals surface area contributed by atoms with Crippen molar-refractivity contribution >= 4 is 37.7 Å². The number of pyridine rings is 2. The average molecular weight is 808 g/mol. The van der Waals surface area contributed by atoms with Crippen molar-refractivity contribution < 1.29 is 0 Å². The number of fused-ring (bicyclic) bond motifs is 4. The summed E-state index contributed by atoms with van der Waals surface area (Å²) in [5.74, 6) is 13.8. The first-order valence-electron chi connectivity index (χ1n) is 17.6. The van der Waals surface area contributed by atoms with Gasteiger partial charge in [-0.25, -0.2) is 19.9 Å². The fourth-order valence-electron chi connectivity index (χ4n) is 6.06. The lowest BCUT2D eigenvalue weighted by Gasteiger charge is -2.14. The molecule has 1 N–H and O–H groups in total. The van der Waals surface area contributed by atoms with Crippen LogP contribution in [0.3, 0.4) is 0 Å². The van der Waals surface area contributed by atoms with Gasteiger partial charge in [-0.05, 0) is 72.5 Å². The van der Waals surface area contributed by atoms with Crippen LogP contribution in [-0.4, -0.2) is 72.0 Å². The third-order valence-corrected chi connectivity index (χ3v) is 9.00. The smallest absolute Gasteiger partial charge is 0.261 e. The van der Waals surface area contributed by atoms with E-state index in [1.165, 1.54) is 0 Å². The third kappa shape index (κ3) is 10.4. The molecule has 0 aliphatic carbocycles. The second kappa shape index (κ2) is 20.3. The van der Waals surface area contributed by atoms with E-state index in [9.17, 15) is 9.59 Å². The van der Waals surface area contributed by atoms with Gasteiger partial charge < -0.3 is 5.32 Å². The van der Waals surface area contributed by atoms with E-state index in [2.05, 4.69) is 61.0 Å². The highest BCUT2D eigenvalue weighted by Gasteiger charge is 2.18. The van der Waals surface area contributed by atoms with Gasteiger partial charge in [0.25, 0.3) is 11.1 Å². The van der Waals surface area contributed by atoms with Gasteiger partial charge >= 0.3 is 0 Å². The quantitative estimate of drug-likeness (QED) is 0.143. The fraction of sp³-hybridized carbons (Fsp3) is 0.256. The van der Waals surface area contributed by atoms with Crippen molar-refractivity contribution in [3.63, 3.8) is 0 Å². The maximum Gasteiger partial charge on any atom is 0.261 e. The summed E-state index contributed by atoms with van der Waals surface area (Å²) in [7, 11) is 0. The number of halogens is 1. The highest BCUT2D eigenvalue weighted by atomic mass is 79.9. The average Bonchev–Trinajstić information content (AvgIpc) is 3.59. The van der Waals surface area contributed by atoms with Gasteiger partial charge in [-0.2, -0.15) is 10.5 Å². The summed E-state index contributed by atoms with van der Waals surface area (Å²) in [5.41, 5.74) is 4.42. The van der Waals surface area contributed by atoms with Gasteiger partial charge in [0.15, 0.2) is 0 Å². The predicted molar refractivity (Wildman–Crippen MR) is 221 cm³/mol. The molecule has 0 saturated heterocycles. The summed E-state index contributed by atoms with van der Waals surface area (Å²) in [4.78, 5) is 45.4. The van der Waals surface area contributed by atoms with Gasteiger partial charge in [-0.3, -0.25) is 23.6 Å². The standard InChI is InChI=1S/C21H17N5O.C19H16N4O.C2H2BrN.CH4/c22-9-12-25-11-8-20-24-19-15-16(4-6-17-3-1-2-10-23-17)5-7-18(19)21(27)26(20)14-13-25;24-19-16-7-5-14(4-6-15-3-1-2-9-21-15)13-17(16)22-18-8-10-20-11-12-23(18)19;3-1-2-4;/h1-3,5,7,10,15H,8,11-14H2;1-3,5,7,9,13,20H,8,10-12H2;1H2;1H4. The molecule has 8 rings (SSSR count). The Morgan fingerprint density at radius 1 is 0.661 bits per heavy atom. The Labute approximate surface area is 333 Å². The monoisotopic (exact) mass is 806 g/mol. The van der Waals surface area contributed by atoms with Gasteiger partial charge in [0, 0.05) is 75.6 Å². The molecule has 0 bridgehead atoms. The van der Waals surface area contributed by atoms with Crippen molar-refractivity contribution in [3.8, 4) is 35.8 Å². The molecule has 13 heteroatoms. The SMILES string of the molecule is C.N#CCBr.N#CCN1CCc2nc3cc(C#Cc4ccccn4)ccc3c(=O)n2CC1.O=c1c2ccc(C#Cc3ccccn3)cc2nc2n1CCNCC2. The molecule has 2 aliphatic rings. The van der Waals surface area contributed by atoms with E-state index in [4.69, 9.17) is 20.5 Å². The molecule has 12 nitrogen and oxygen atoms in total. The molecule has 0 unspecified atom stereocenters. The van der Waals surface area contributed by atoms with E-state index in [0.717, 1.165) is 54.5 Å². The fourth-order valence-corrected chi connectivity index (χ4v) is 6.06. The molecule has 2 aliphatic heterocycles. The van der Waals surface area contributed by atoms with Crippen molar-refractivity contribution in [2.24, 2.45) is 0 Å². The Balaban J connectivity index is 0.000000194. The van der Waals surface area contributed by atoms with Crippen LogP contribution in [0.2, 0.25) is 0 Å². The van der Waals surface area contributed by atoms with E-state index in [-0.39, 0.29) is 18.5 Å². The Morgan fingerprint density at radius 2 is 1.21 bits per heavy atom. The maximum absolute atomic E-state index is 12.9. The number of benzene rings is 2. The number of nitrogens with one attached hydrogen (secondary N) is 1. The van der Waals surface area contributed by atoms with Crippen LogP contribution in [0.4, 0.5) is 0 Å². The van der Waals surface area contributed by atoms with E-state index in [1.807, 2.05) is 77.7 Å². The van der Waals surface area contributed by atoms with Crippen molar-refractivity contribution in [1.29, 1.82) is 10.5 Å². The molecule has 6 heterocycles. The predicted octanol–water partition coefficient (Wildman–Crippen LogP) is 4.45. The zero-order chi connectivity index (χ0) is 38.4. The van der Waals surface area contributed by atoms with Crippen LogP contribution in [0, 0.1) is 46.3 Å². The summed E-state index contributed by atoms with van der Waals surface area (Å²) in [5, 5.41) is 21.5. The van der Waals surface area contributed by atoms with Crippen molar-refractivity contribution in [3.05, 3.63) is 140 Å². The minimum absolute atomic E-state index is 0. The molecule has 4 aromatic heterocycles. The topological polar surface area (TPSA) is 158 Å². The van der Waals surface area contributed by atoms with E-state index in [1.54, 1.807) is 27.6 Å². The summed E-state index contributed by atoms with van der Waals surface area (Å²) in [6.07, 6.45) is 4.83. The highest BCUT2D eigenvalue weighted by Crippen LogP contribution is 2.15. The van der Waals surface area contributed by atoms with Gasteiger partial charge in [0.05, 0.1) is 45.8 Å². The van der Waals surface area contributed by atoms with E-state index in [0.29, 0.717) is 65.4 Å². The number of aromatic nitrogens is 6. The third-order valence-electron chi connectivity index (χ3n) is 8.75. The van der Waals surface area contributed by atoms with Crippen molar-refractivity contribution in [2.45, 2.75) is 33.4 Å².